The van der Waals surface area contributed by atoms with Crippen molar-refractivity contribution in [2.75, 3.05) is 0 Å². The fourth-order valence-corrected chi connectivity index (χ4v) is 6.92. The van der Waals surface area contributed by atoms with Gasteiger partial charge in [0.05, 0.1) is 6.10 Å². The van der Waals surface area contributed by atoms with Gasteiger partial charge in [-0.1, -0.05) is 72.8 Å². The lowest BCUT2D eigenvalue weighted by molar-refractivity contribution is -0.145. The lowest BCUT2D eigenvalue weighted by Gasteiger charge is -2.55. The second-order valence-corrected chi connectivity index (χ2v) is 11.1. The second kappa shape index (κ2) is 10.0. The summed E-state index contributed by atoms with van der Waals surface area (Å²) >= 11 is 0. The molecule has 4 nitrogen and oxygen atoms in total. The SMILES string of the molecule is Cc1ncccc1COc1ccc2c(c1)CC[C@@H]1CC(O)(c3ccccc3)C(O)CC21Cc1ccccc1. The van der Waals surface area contributed by atoms with Crippen LogP contribution in [0, 0.1) is 12.8 Å². The van der Waals surface area contributed by atoms with Crippen LogP contribution in [0.2, 0.25) is 0 Å². The third kappa shape index (κ3) is 4.42. The van der Waals surface area contributed by atoms with Crippen molar-refractivity contribution in [3.05, 3.63) is 131 Å². The van der Waals surface area contributed by atoms with Crippen molar-refractivity contribution in [2.24, 2.45) is 5.92 Å². The molecule has 0 radical (unpaired) electrons. The topological polar surface area (TPSA) is 62.6 Å². The highest BCUT2D eigenvalue weighted by molar-refractivity contribution is 5.46. The molecule has 2 aliphatic carbocycles. The number of fused-ring (bicyclic) bond motifs is 3. The Kier molecular flexibility index (Phi) is 6.55. The highest BCUT2D eigenvalue weighted by atomic mass is 16.5. The number of pyridine rings is 1. The number of nitrogens with zero attached hydrogens (tertiary/aromatic N) is 1. The maximum absolute atomic E-state index is 11.8. The molecule has 2 N–H and O–H groups in total. The molecule has 6 rings (SSSR count). The van der Waals surface area contributed by atoms with Crippen LogP contribution < -0.4 is 4.74 Å². The Morgan fingerprint density at radius 3 is 2.45 bits per heavy atom. The number of hydrogen-bond acceptors (Lipinski definition) is 4. The molecule has 1 heterocycles. The normalized spacial score (nSPS) is 26.3. The summed E-state index contributed by atoms with van der Waals surface area (Å²) in [7, 11) is 0. The van der Waals surface area contributed by atoms with Crippen LogP contribution in [0.1, 0.15) is 52.8 Å². The number of rotatable bonds is 6. The van der Waals surface area contributed by atoms with Crippen LogP contribution in [0.25, 0.3) is 0 Å². The molecule has 4 aromatic rings. The number of benzene rings is 3. The molecule has 4 heteroatoms. The summed E-state index contributed by atoms with van der Waals surface area (Å²) in [5, 5.41) is 23.4. The smallest absolute Gasteiger partial charge is 0.120 e. The number of aromatic nitrogens is 1. The predicted molar refractivity (Wildman–Crippen MR) is 149 cm³/mol. The third-order valence-electron chi connectivity index (χ3n) is 8.97. The van der Waals surface area contributed by atoms with Gasteiger partial charge in [-0.05, 0) is 85.4 Å². The molecule has 3 aromatic carbocycles. The van der Waals surface area contributed by atoms with E-state index < -0.39 is 11.7 Å². The molecule has 3 unspecified atom stereocenters. The van der Waals surface area contributed by atoms with Gasteiger partial charge in [0.2, 0.25) is 0 Å². The van der Waals surface area contributed by atoms with E-state index in [1.807, 2.05) is 49.4 Å². The standard InChI is InChI=1S/C34H35NO3/c1-24-27(11-8-18-35-24)23-38-30-16-17-31-26(19-30)14-15-29-21-34(37,28-12-6-3-7-13-28)32(36)22-33(29,31)20-25-9-4-2-5-10-25/h2-13,16-19,29,32,36-37H,14-15,20-23H2,1H3/t29-,32?,33?,34?/m1/s1. The van der Waals surface area contributed by atoms with Gasteiger partial charge in [0.1, 0.15) is 18.0 Å². The molecular weight excluding hydrogens is 470 g/mol. The van der Waals surface area contributed by atoms with E-state index in [9.17, 15) is 10.2 Å². The lowest BCUT2D eigenvalue weighted by Crippen LogP contribution is -2.57. The number of aliphatic hydroxyl groups is 2. The zero-order valence-electron chi connectivity index (χ0n) is 21.9. The Morgan fingerprint density at radius 1 is 0.921 bits per heavy atom. The molecule has 194 valence electrons. The molecule has 0 amide bonds. The monoisotopic (exact) mass is 505 g/mol. The molecule has 1 fully saturated rings. The summed E-state index contributed by atoms with van der Waals surface area (Å²) < 4.78 is 6.21. The number of aryl methyl sites for hydroxylation is 2. The molecule has 0 aliphatic heterocycles. The van der Waals surface area contributed by atoms with Crippen LogP contribution in [0.15, 0.2) is 97.2 Å². The highest BCUT2D eigenvalue weighted by Crippen LogP contribution is 2.56. The minimum Gasteiger partial charge on any atom is -0.489 e. The average Bonchev–Trinajstić information content (AvgIpc) is 2.94. The maximum Gasteiger partial charge on any atom is 0.120 e. The average molecular weight is 506 g/mol. The third-order valence-corrected chi connectivity index (χ3v) is 8.97. The van der Waals surface area contributed by atoms with Crippen LogP contribution in [0.5, 0.6) is 5.75 Å². The molecular formula is C34H35NO3. The Bertz CT molecular complexity index is 1410. The van der Waals surface area contributed by atoms with Crippen LogP contribution in [0.3, 0.4) is 0 Å². The highest BCUT2D eigenvalue weighted by Gasteiger charge is 2.56. The molecule has 0 bridgehead atoms. The van der Waals surface area contributed by atoms with Crippen molar-refractivity contribution in [2.45, 2.75) is 62.8 Å². The molecule has 1 saturated carbocycles. The first kappa shape index (κ1) is 24.8. The van der Waals surface area contributed by atoms with Gasteiger partial charge >= 0.3 is 0 Å². The summed E-state index contributed by atoms with van der Waals surface area (Å²) in [4.78, 5) is 4.37. The molecule has 2 aliphatic rings. The molecule has 1 aromatic heterocycles. The zero-order valence-corrected chi connectivity index (χ0v) is 21.9. The Labute approximate surface area is 225 Å². The summed E-state index contributed by atoms with van der Waals surface area (Å²) in [5.74, 6) is 1.10. The van der Waals surface area contributed by atoms with Crippen molar-refractivity contribution in [1.29, 1.82) is 0 Å². The number of hydrogen-bond donors (Lipinski definition) is 2. The van der Waals surface area contributed by atoms with E-state index in [4.69, 9.17) is 4.74 Å². The van der Waals surface area contributed by atoms with Gasteiger partial charge < -0.3 is 14.9 Å². The van der Waals surface area contributed by atoms with E-state index in [0.717, 1.165) is 41.8 Å². The van der Waals surface area contributed by atoms with Gasteiger partial charge in [0.25, 0.3) is 0 Å². The van der Waals surface area contributed by atoms with Crippen LogP contribution >= 0.6 is 0 Å². The van der Waals surface area contributed by atoms with Gasteiger partial charge in [-0.25, -0.2) is 0 Å². The molecule has 4 atom stereocenters. The first-order valence-electron chi connectivity index (χ1n) is 13.6. The van der Waals surface area contributed by atoms with Gasteiger partial charge in [0.15, 0.2) is 0 Å². The Hall–Kier alpha value is -3.47. The van der Waals surface area contributed by atoms with E-state index in [2.05, 4.69) is 53.5 Å². The second-order valence-electron chi connectivity index (χ2n) is 11.1. The molecule has 0 saturated heterocycles. The summed E-state index contributed by atoms with van der Waals surface area (Å²) in [6.45, 7) is 2.49. The van der Waals surface area contributed by atoms with Crippen molar-refractivity contribution in [3.8, 4) is 5.75 Å². The van der Waals surface area contributed by atoms with E-state index in [-0.39, 0.29) is 11.3 Å². The van der Waals surface area contributed by atoms with Crippen molar-refractivity contribution < 1.29 is 14.9 Å². The Balaban J connectivity index is 1.35. The van der Waals surface area contributed by atoms with Crippen LogP contribution in [-0.2, 0) is 30.5 Å². The summed E-state index contributed by atoms with van der Waals surface area (Å²) in [5.41, 5.74) is 5.21. The van der Waals surface area contributed by atoms with Crippen LogP contribution in [-0.4, -0.2) is 21.3 Å². The van der Waals surface area contributed by atoms with E-state index >= 15 is 0 Å². The quantitative estimate of drug-likeness (QED) is 0.335. The van der Waals surface area contributed by atoms with Gasteiger partial charge in [0, 0.05) is 22.9 Å². The Morgan fingerprint density at radius 2 is 1.68 bits per heavy atom. The summed E-state index contributed by atoms with van der Waals surface area (Å²) in [6, 6.07) is 30.8. The lowest BCUT2D eigenvalue weighted by atomic mass is 9.51. The van der Waals surface area contributed by atoms with Gasteiger partial charge in [-0.3, -0.25) is 4.98 Å². The van der Waals surface area contributed by atoms with Crippen LogP contribution in [0.4, 0.5) is 0 Å². The zero-order chi connectivity index (χ0) is 26.2. The van der Waals surface area contributed by atoms with E-state index in [0.29, 0.717) is 19.4 Å². The minimum absolute atomic E-state index is 0.244. The van der Waals surface area contributed by atoms with E-state index in [1.165, 1.54) is 16.7 Å². The molecule has 0 spiro atoms. The minimum atomic E-state index is -1.24. The summed E-state index contributed by atoms with van der Waals surface area (Å²) in [6.07, 6.45) is 4.73. The van der Waals surface area contributed by atoms with Crippen molar-refractivity contribution in [3.63, 3.8) is 0 Å². The number of aliphatic hydroxyl groups excluding tert-OH is 1. The predicted octanol–water partition coefficient (Wildman–Crippen LogP) is 6.05. The largest absolute Gasteiger partial charge is 0.489 e. The first-order chi connectivity index (χ1) is 18.5. The van der Waals surface area contributed by atoms with Crippen molar-refractivity contribution in [1.82, 2.24) is 4.98 Å². The van der Waals surface area contributed by atoms with Crippen molar-refractivity contribution >= 4 is 0 Å². The van der Waals surface area contributed by atoms with E-state index in [1.54, 1.807) is 6.20 Å². The first-order valence-corrected chi connectivity index (χ1v) is 13.6. The maximum atomic E-state index is 11.8. The molecule has 38 heavy (non-hydrogen) atoms. The fraction of sp³-hybridized carbons (Fsp3) is 0.324. The number of ether oxygens (including phenoxy) is 1. The fourth-order valence-electron chi connectivity index (χ4n) is 6.92. The van der Waals surface area contributed by atoms with Gasteiger partial charge in [-0.2, -0.15) is 0 Å². The van der Waals surface area contributed by atoms with Gasteiger partial charge in [-0.15, -0.1) is 0 Å².